The fourth-order valence-electron chi connectivity index (χ4n) is 1.27. The standard InChI is InChI=1S/C9H9BO2S/c11-10(12)9-6-5-7-3-1-2-4-8(7)13-9/h1-6,9,11-12H. The minimum absolute atomic E-state index is 0.241. The Labute approximate surface area is 81.4 Å². The van der Waals surface area contributed by atoms with E-state index in [9.17, 15) is 0 Å². The molecule has 2 nitrogen and oxygen atoms in total. The molecule has 4 heteroatoms. The Hall–Kier alpha value is -0.705. The largest absolute Gasteiger partial charge is 0.469 e. The van der Waals surface area contributed by atoms with Crippen molar-refractivity contribution < 1.29 is 10.0 Å². The lowest BCUT2D eigenvalue weighted by Crippen LogP contribution is -2.27. The van der Waals surface area contributed by atoms with E-state index >= 15 is 0 Å². The van der Waals surface area contributed by atoms with Crippen LogP contribution in [0.1, 0.15) is 5.56 Å². The van der Waals surface area contributed by atoms with Gasteiger partial charge in [-0.2, -0.15) is 0 Å². The molecule has 1 aliphatic heterocycles. The van der Waals surface area contributed by atoms with Gasteiger partial charge in [-0.15, -0.1) is 11.8 Å². The van der Waals surface area contributed by atoms with E-state index < -0.39 is 7.12 Å². The molecular formula is C9H9BO2S. The van der Waals surface area contributed by atoms with Crippen LogP contribution in [-0.2, 0) is 0 Å². The van der Waals surface area contributed by atoms with E-state index in [2.05, 4.69) is 0 Å². The van der Waals surface area contributed by atoms with E-state index in [1.165, 1.54) is 11.8 Å². The molecule has 0 saturated carbocycles. The zero-order chi connectivity index (χ0) is 9.26. The van der Waals surface area contributed by atoms with E-state index in [1.54, 1.807) is 0 Å². The van der Waals surface area contributed by atoms with Crippen LogP contribution in [0.3, 0.4) is 0 Å². The first kappa shape index (κ1) is 8.87. The van der Waals surface area contributed by atoms with Crippen LogP contribution in [-0.4, -0.2) is 22.3 Å². The van der Waals surface area contributed by atoms with Crippen molar-refractivity contribution in [3.8, 4) is 0 Å². The minimum atomic E-state index is -1.28. The lowest BCUT2D eigenvalue weighted by atomic mass is 9.85. The van der Waals surface area contributed by atoms with Crippen LogP contribution < -0.4 is 0 Å². The Balaban J connectivity index is 2.29. The Morgan fingerprint density at radius 1 is 1.23 bits per heavy atom. The number of benzene rings is 1. The summed E-state index contributed by atoms with van der Waals surface area (Å²) in [7, 11) is -1.28. The first-order valence-corrected chi connectivity index (χ1v) is 4.95. The number of hydrogen-bond acceptors (Lipinski definition) is 3. The normalized spacial score (nSPS) is 19.7. The monoisotopic (exact) mass is 192 g/mol. The van der Waals surface area contributed by atoms with Gasteiger partial charge >= 0.3 is 7.12 Å². The third kappa shape index (κ3) is 1.80. The predicted octanol–water partition coefficient (Wildman–Crippen LogP) is 1.19. The second-order valence-electron chi connectivity index (χ2n) is 2.89. The zero-order valence-corrected chi connectivity index (χ0v) is 7.74. The SMILES string of the molecule is OB(O)C1C=Cc2ccccc2S1. The Kier molecular flexibility index (Phi) is 2.44. The van der Waals surface area contributed by atoms with Crippen LogP contribution in [0.15, 0.2) is 35.2 Å². The molecule has 0 bridgehead atoms. The van der Waals surface area contributed by atoms with Gasteiger partial charge in [0.05, 0.1) is 5.15 Å². The van der Waals surface area contributed by atoms with Gasteiger partial charge in [-0.1, -0.05) is 30.4 Å². The van der Waals surface area contributed by atoms with Gasteiger partial charge < -0.3 is 10.0 Å². The molecule has 13 heavy (non-hydrogen) atoms. The van der Waals surface area contributed by atoms with Crippen molar-refractivity contribution in [3.05, 3.63) is 35.9 Å². The predicted molar refractivity (Wildman–Crippen MR) is 55.3 cm³/mol. The Morgan fingerprint density at radius 2 is 2.00 bits per heavy atom. The summed E-state index contributed by atoms with van der Waals surface area (Å²) in [6.07, 6.45) is 3.74. The summed E-state index contributed by atoms with van der Waals surface area (Å²) in [4.78, 5) is 1.10. The van der Waals surface area contributed by atoms with Gasteiger partial charge in [0.25, 0.3) is 0 Å². The summed E-state index contributed by atoms with van der Waals surface area (Å²) in [6, 6.07) is 7.92. The van der Waals surface area contributed by atoms with Crippen LogP contribution in [0, 0.1) is 0 Å². The maximum absolute atomic E-state index is 8.99. The van der Waals surface area contributed by atoms with Crippen molar-refractivity contribution in [2.75, 3.05) is 0 Å². The first-order valence-electron chi connectivity index (χ1n) is 4.07. The van der Waals surface area contributed by atoms with Crippen molar-refractivity contribution in [2.45, 2.75) is 10.0 Å². The van der Waals surface area contributed by atoms with Crippen molar-refractivity contribution in [1.82, 2.24) is 0 Å². The van der Waals surface area contributed by atoms with Crippen LogP contribution in [0.5, 0.6) is 0 Å². The molecule has 0 amide bonds. The second kappa shape index (κ2) is 3.58. The van der Waals surface area contributed by atoms with Crippen LogP contribution in [0.4, 0.5) is 0 Å². The molecule has 1 unspecified atom stereocenters. The summed E-state index contributed by atoms with van der Waals surface area (Å²) in [5.41, 5.74) is 1.14. The lowest BCUT2D eigenvalue weighted by Gasteiger charge is -2.17. The quantitative estimate of drug-likeness (QED) is 0.656. The van der Waals surface area contributed by atoms with Crippen LogP contribution >= 0.6 is 11.8 Å². The maximum atomic E-state index is 8.99. The summed E-state index contributed by atoms with van der Waals surface area (Å²) >= 11 is 1.48. The van der Waals surface area contributed by atoms with Crippen molar-refractivity contribution in [1.29, 1.82) is 0 Å². The summed E-state index contributed by atoms with van der Waals surface area (Å²) in [6.45, 7) is 0. The smallest absolute Gasteiger partial charge is 0.426 e. The van der Waals surface area contributed by atoms with Gasteiger partial charge in [0.1, 0.15) is 0 Å². The van der Waals surface area contributed by atoms with Crippen LogP contribution in [0.25, 0.3) is 6.08 Å². The summed E-state index contributed by atoms with van der Waals surface area (Å²) in [5.74, 6) is 0. The van der Waals surface area contributed by atoms with Crippen molar-refractivity contribution in [2.24, 2.45) is 0 Å². The van der Waals surface area contributed by atoms with Gasteiger partial charge in [0.15, 0.2) is 0 Å². The summed E-state index contributed by atoms with van der Waals surface area (Å²) < 4.78 is 0. The average molecular weight is 192 g/mol. The first-order chi connectivity index (χ1) is 6.27. The van der Waals surface area contributed by atoms with Gasteiger partial charge in [0, 0.05) is 4.90 Å². The van der Waals surface area contributed by atoms with Gasteiger partial charge in [-0.25, -0.2) is 0 Å². The highest BCUT2D eigenvalue weighted by Crippen LogP contribution is 2.33. The average Bonchev–Trinajstić information content (AvgIpc) is 2.17. The highest BCUT2D eigenvalue weighted by atomic mass is 32.2. The molecule has 2 N–H and O–H groups in total. The second-order valence-corrected chi connectivity index (χ2v) is 4.11. The van der Waals surface area contributed by atoms with E-state index in [0.29, 0.717) is 0 Å². The number of thioether (sulfide) groups is 1. The van der Waals surface area contributed by atoms with E-state index in [4.69, 9.17) is 10.0 Å². The topological polar surface area (TPSA) is 40.5 Å². The van der Waals surface area contributed by atoms with Crippen molar-refractivity contribution in [3.63, 3.8) is 0 Å². The van der Waals surface area contributed by atoms with Gasteiger partial charge in [-0.05, 0) is 11.6 Å². The number of rotatable bonds is 1. The molecule has 0 aromatic heterocycles. The van der Waals surface area contributed by atoms with Gasteiger partial charge in [0.2, 0.25) is 0 Å². The molecular weight excluding hydrogens is 183 g/mol. The van der Waals surface area contributed by atoms with Crippen molar-refractivity contribution >= 4 is 25.0 Å². The molecule has 0 radical (unpaired) electrons. The molecule has 0 fully saturated rings. The third-order valence-electron chi connectivity index (χ3n) is 1.94. The lowest BCUT2D eigenvalue weighted by molar-refractivity contribution is 0.408. The van der Waals surface area contributed by atoms with Gasteiger partial charge in [-0.3, -0.25) is 0 Å². The molecule has 1 aromatic rings. The molecule has 0 saturated heterocycles. The fraction of sp³-hybridized carbons (Fsp3) is 0.111. The summed E-state index contributed by atoms with van der Waals surface area (Å²) in [5, 5.41) is 17.7. The van der Waals surface area contributed by atoms with E-state index in [1.807, 2.05) is 36.4 Å². The van der Waals surface area contributed by atoms with E-state index in [-0.39, 0.29) is 5.15 Å². The fourth-order valence-corrected chi connectivity index (χ4v) is 2.27. The molecule has 1 atom stereocenters. The van der Waals surface area contributed by atoms with Crippen LogP contribution in [0.2, 0.25) is 0 Å². The number of hydrogen-bond donors (Lipinski definition) is 2. The maximum Gasteiger partial charge on any atom is 0.469 e. The Morgan fingerprint density at radius 3 is 2.77 bits per heavy atom. The Bertz CT molecular complexity index is 338. The number of fused-ring (bicyclic) bond motifs is 1. The molecule has 0 aliphatic carbocycles. The molecule has 1 aromatic carbocycles. The van der Waals surface area contributed by atoms with E-state index in [0.717, 1.165) is 10.5 Å². The molecule has 0 spiro atoms. The zero-order valence-electron chi connectivity index (χ0n) is 6.92. The molecule has 2 rings (SSSR count). The molecule has 66 valence electrons. The highest BCUT2D eigenvalue weighted by Gasteiger charge is 2.24. The molecule has 1 heterocycles. The molecule has 1 aliphatic rings. The highest BCUT2D eigenvalue weighted by molar-refractivity contribution is 8.01. The third-order valence-corrected chi connectivity index (χ3v) is 3.24. The minimum Gasteiger partial charge on any atom is -0.426 e.